The van der Waals surface area contributed by atoms with Crippen molar-refractivity contribution in [2.75, 3.05) is 51.3 Å². The molecule has 31 heavy (non-hydrogen) atoms. The van der Waals surface area contributed by atoms with Crippen LogP contribution in [0.15, 0.2) is 47.4 Å². The lowest BCUT2D eigenvalue weighted by molar-refractivity contribution is 0.0789. The molecule has 7 nitrogen and oxygen atoms in total. The number of methoxy groups -OCH3 is 1. The summed E-state index contributed by atoms with van der Waals surface area (Å²) in [6.45, 7) is 3.21. The molecule has 0 unspecified atom stereocenters. The number of carbonyl (C=O) groups is 1. The van der Waals surface area contributed by atoms with Crippen LogP contribution in [-0.2, 0) is 10.0 Å². The van der Waals surface area contributed by atoms with Gasteiger partial charge in [0.05, 0.1) is 17.6 Å². The van der Waals surface area contributed by atoms with Crippen molar-refractivity contribution in [1.29, 1.82) is 0 Å². The molecule has 166 valence electrons. The average molecular weight is 464 g/mol. The second-order valence-corrected chi connectivity index (χ2v) is 10.1. The SMILES string of the molecule is COc1ccc(S(=O)(=O)N2CCN(c3cccc(Cl)c3)CC2)cc1C(=O)N1CCCC1. The standard InChI is InChI=1S/C22H26ClN3O4S/c1-30-21-8-7-19(16-20(21)22(27)25-9-2-3-10-25)31(28,29)26-13-11-24(12-14-26)18-6-4-5-17(23)15-18/h4-8,15-16H,2-3,9-14H2,1H3. The topological polar surface area (TPSA) is 70.2 Å². The van der Waals surface area contributed by atoms with Crippen LogP contribution < -0.4 is 9.64 Å². The van der Waals surface area contributed by atoms with Crippen molar-refractivity contribution in [3.8, 4) is 5.75 Å². The van der Waals surface area contributed by atoms with E-state index in [0.717, 1.165) is 18.5 Å². The van der Waals surface area contributed by atoms with Gasteiger partial charge in [0.2, 0.25) is 10.0 Å². The molecule has 0 saturated carbocycles. The number of rotatable bonds is 5. The molecule has 2 aromatic carbocycles. The summed E-state index contributed by atoms with van der Waals surface area (Å²) in [5.74, 6) is 0.207. The average Bonchev–Trinajstić information content (AvgIpc) is 3.33. The summed E-state index contributed by atoms with van der Waals surface area (Å²) in [6.07, 6.45) is 1.92. The summed E-state index contributed by atoms with van der Waals surface area (Å²) < 4.78 is 33.4. The maximum Gasteiger partial charge on any atom is 0.257 e. The largest absolute Gasteiger partial charge is 0.496 e. The number of benzene rings is 2. The molecular weight excluding hydrogens is 438 g/mol. The van der Waals surface area contributed by atoms with E-state index < -0.39 is 10.0 Å². The molecule has 0 aromatic heterocycles. The van der Waals surface area contributed by atoms with Gasteiger partial charge in [-0.3, -0.25) is 4.79 Å². The van der Waals surface area contributed by atoms with E-state index in [4.69, 9.17) is 16.3 Å². The highest BCUT2D eigenvalue weighted by Crippen LogP contribution is 2.28. The first-order chi connectivity index (χ1) is 14.9. The number of anilines is 1. The highest BCUT2D eigenvalue weighted by molar-refractivity contribution is 7.89. The van der Waals surface area contributed by atoms with Crippen molar-refractivity contribution in [1.82, 2.24) is 9.21 Å². The van der Waals surface area contributed by atoms with Crippen LogP contribution in [0.1, 0.15) is 23.2 Å². The fourth-order valence-electron chi connectivity index (χ4n) is 4.11. The lowest BCUT2D eigenvalue weighted by Crippen LogP contribution is -2.48. The van der Waals surface area contributed by atoms with Gasteiger partial charge in [0, 0.05) is 50.0 Å². The number of piperazine rings is 1. The molecule has 0 bridgehead atoms. The van der Waals surface area contributed by atoms with Gasteiger partial charge in [0.15, 0.2) is 0 Å². The Balaban J connectivity index is 1.53. The molecule has 1 amide bonds. The van der Waals surface area contributed by atoms with Crippen molar-refractivity contribution in [3.05, 3.63) is 53.1 Å². The van der Waals surface area contributed by atoms with E-state index in [1.54, 1.807) is 11.0 Å². The molecule has 0 aliphatic carbocycles. The molecule has 2 aromatic rings. The normalized spacial score (nSPS) is 17.7. The lowest BCUT2D eigenvalue weighted by atomic mass is 10.1. The fraction of sp³-hybridized carbons (Fsp3) is 0.409. The lowest BCUT2D eigenvalue weighted by Gasteiger charge is -2.35. The van der Waals surface area contributed by atoms with Crippen molar-refractivity contribution in [2.45, 2.75) is 17.7 Å². The zero-order chi connectivity index (χ0) is 22.0. The Kier molecular flexibility index (Phi) is 6.41. The Morgan fingerprint density at radius 2 is 1.68 bits per heavy atom. The zero-order valence-electron chi connectivity index (χ0n) is 17.5. The third-order valence-corrected chi connectivity index (χ3v) is 7.97. The monoisotopic (exact) mass is 463 g/mol. The number of ether oxygens (including phenoxy) is 1. The number of hydrogen-bond acceptors (Lipinski definition) is 5. The molecule has 4 rings (SSSR count). The molecule has 0 N–H and O–H groups in total. The molecule has 2 saturated heterocycles. The smallest absolute Gasteiger partial charge is 0.257 e. The Hall–Kier alpha value is -2.29. The van der Waals surface area contributed by atoms with Crippen LogP contribution in [0, 0.1) is 0 Å². The van der Waals surface area contributed by atoms with E-state index in [1.165, 1.54) is 23.5 Å². The van der Waals surface area contributed by atoms with Gasteiger partial charge in [-0.1, -0.05) is 17.7 Å². The van der Waals surface area contributed by atoms with Crippen molar-refractivity contribution >= 4 is 33.2 Å². The summed E-state index contributed by atoms with van der Waals surface area (Å²) in [7, 11) is -2.24. The summed E-state index contributed by atoms with van der Waals surface area (Å²) in [5, 5.41) is 0.654. The number of sulfonamides is 1. The maximum atomic E-state index is 13.3. The summed E-state index contributed by atoms with van der Waals surface area (Å²) in [6, 6.07) is 12.1. The van der Waals surface area contributed by atoms with Crippen LogP contribution in [0.5, 0.6) is 5.75 Å². The Morgan fingerprint density at radius 3 is 2.32 bits per heavy atom. The Labute approximate surface area is 188 Å². The molecule has 2 aliphatic heterocycles. The number of hydrogen-bond donors (Lipinski definition) is 0. The van der Waals surface area contributed by atoms with E-state index in [1.807, 2.05) is 24.3 Å². The van der Waals surface area contributed by atoms with Gasteiger partial charge < -0.3 is 14.5 Å². The highest BCUT2D eigenvalue weighted by atomic mass is 35.5. The molecule has 0 atom stereocenters. The van der Waals surface area contributed by atoms with E-state index >= 15 is 0 Å². The quantitative estimate of drug-likeness (QED) is 0.681. The van der Waals surface area contributed by atoms with E-state index in [9.17, 15) is 13.2 Å². The Bertz CT molecular complexity index is 1060. The predicted octanol–water partition coefficient (Wildman–Crippen LogP) is 3.10. The third-order valence-electron chi connectivity index (χ3n) is 5.84. The van der Waals surface area contributed by atoms with Crippen molar-refractivity contribution < 1.29 is 17.9 Å². The van der Waals surface area contributed by atoms with E-state index in [-0.39, 0.29) is 10.8 Å². The van der Waals surface area contributed by atoms with Gasteiger partial charge in [-0.05, 0) is 49.2 Å². The van der Waals surface area contributed by atoms with Crippen molar-refractivity contribution in [3.63, 3.8) is 0 Å². The first-order valence-electron chi connectivity index (χ1n) is 10.4. The first kappa shape index (κ1) is 21.9. The number of halogens is 1. The van der Waals surface area contributed by atoms with Gasteiger partial charge in [-0.2, -0.15) is 4.31 Å². The minimum Gasteiger partial charge on any atom is -0.496 e. The first-order valence-corrected chi connectivity index (χ1v) is 12.2. The zero-order valence-corrected chi connectivity index (χ0v) is 19.0. The van der Waals surface area contributed by atoms with Gasteiger partial charge in [0.1, 0.15) is 5.75 Å². The van der Waals surface area contributed by atoms with Gasteiger partial charge in [-0.25, -0.2) is 8.42 Å². The molecule has 2 heterocycles. The van der Waals surface area contributed by atoms with Crippen LogP contribution in [0.4, 0.5) is 5.69 Å². The van der Waals surface area contributed by atoms with Gasteiger partial charge in [0.25, 0.3) is 5.91 Å². The minimum atomic E-state index is -3.73. The third kappa shape index (κ3) is 4.51. The van der Waals surface area contributed by atoms with Gasteiger partial charge >= 0.3 is 0 Å². The van der Waals surface area contributed by atoms with Crippen LogP contribution in [0.3, 0.4) is 0 Å². The summed E-state index contributed by atoms with van der Waals surface area (Å²) in [5.41, 5.74) is 1.27. The fourth-order valence-corrected chi connectivity index (χ4v) is 5.75. The number of nitrogens with zero attached hydrogens (tertiary/aromatic N) is 3. The molecule has 9 heteroatoms. The molecular formula is C22H26ClN3O4S. The molecule has 2 aliphatic rings. The highest BCUT2D eigenvalue weighted by Gasteiger charge is 2.31. The second-order valence-electron chi connectivity index (χ2n) is 7.73. The van der Waals surface area contributed by atoms with Crippen LogP contribution in [-0.4, -0.2) is 69.9 Å². The van der Waals surface area contributed by atoms with Gasteiger partial charge in [-0.15, -0.1) is 0 Å². The number of likely N-dealkylation sites (tertiary alicyclic amines) is 1. The van der Waals surface area contributed by atoms with Crippen LogP contribution in [0.2, 0.25) is 5.02 Å². The number of carbonyl (C=O) groups excluding carboxylic acids is 1. The maximum absolute atomic E-state index is 13.3. The van der Waals surface area contributed by atoms with E-state index in [0.29, 0.717) is 55.6 Å². The van der Waals surface area contributed by atoms with Crippen LogP contribution >= 0.6 is 11.6 Å². The minimum absolute atomic E-state index is 0.118. The molecule has 0 spiro atoms. The molecule has 2 fully saturated rings. The number of amides is 1. The Morgan fingerprint density at radius 1 is 0.968 bits per heavy atom. The summed E-state index contributed by atoms with van der Waals surface area (Å²) >= 11 is 6.08. The second kappa shape index (κ2) is 9.06. The summed E-state index contributed by atoms with van der Waals surface area (Å²) in [4.78, 5) is 16.9. The van der Waals surface area contributed by atoms with Crippen LogP contribution in [0.25, 0.3) is 0 Å². The predicted molar refractivity (Wildman–Crippen MR) is 121 cm³/mol. The van der Waals surface area contributed by atoms with E-state index in [2.05, 4.69) is 4.90 Å². The van der Waals surface area contributed by atoms with Crippen molar-refractivity contribution in [2.24, 2.45) is 0 Å². The molecule has 0 radical (unpaired) electrons.